The van der Waals surface area contributed by atoms with Crippen molar-refractivity contribution >= 4 is 11.6 Å². The van der Waals surface area contributed by atoms with E-state index in [9.17, 15) is 4.79 Å². The molecule has 1 aromatic carbocycles. The van der Waals surface area contributed by atoms with Crippen LogP contribution in [0.25, 0.3) is 0 Å². The summed E-state index contributed by atoms with van der Waals surface area (Å²) in [5.74, 6) is -0.0714. The Kier molecular flexibility index (Phi) is 4.53. The zero-order valence-corrected chi connectivity index (χ0v) is 10.4. The summed E-state index contributed by atoms with van der Waals surface area (Å²) in [7, 11) is 0. The van der Waals surface area contributed by atoms with Gasteiger partial charge in [0.25, 0.3) is 0 Å². The second-order valence-corrected chi connectivity index (χ2v) is 3.87. The zero-order valence-electron chi connectivity index (χ0n) is 10.4. The van der Waals surface area contributed by atoms with Gasteiger partial charge in [0, 0.05) is 6.54 Å². The van der Waals surface area contributed by atoms with Crippen LogP contribution in [0.3, 0.4) is 0 Å². The minimum absolute atomic E-state index is 0.0714. The summed E-state index contributed by atoms with van der Waals surface area (Å²) in [6, 6.07) is 7.33. The van der Waals surface area contributed by atoms with E-state index >= 15 is 0 Å². The summed E-state index contributed by atoms with van der Waals surface area (Å²) < 4.78 is 0. The van der Waals surface area contributed by atoms with Crippen LogP contribution in [0.5, 0.6) is 0 Å². The number of aryl methyl sites for hydroxylation is 1. The number of amides is 1. The molecular weight excluding hydrogens is 214 g/mol. The van der Waals surface area contributed by atoms with Gasteiger partial charge in [-0.25, -0.2) is 0 Å². The molecule has 0 saturated heterocycles. The van der Waals surface area contributed by atoms with Crippen molar-refractivity contribution in [3.63, 3.8) is 0 Å². The van der Waals surface area contributed by atoms with Gasteiger partial charge in [0.1, 0.15) is 12.1 Å². The Morgan fingerprint density at radius 3 is 2.82 bits per heavy atom. The van der Waals surface area contributed by atoms with Crippen LogP contribution in [0.2, 0.25) is 0 Å². The van der Waals surface area contributed by atoms with Gasteiger partial charge in [0.15, 0.2) is 0 Å². The standard InChI is InChI=1S/C13H17N3O/c1-4-15-13(17)10(3)16-12-7-5-6-9(2)11(12)8-14/h5-7,10,16H,4H2,1-3H3,(H,15,17). The normalized spacial score (nSPS) is 11.4. The Morgan fingerprint density at radius 1 is 1.53 bits per heavy atom. The summed E-state index contributed by atoms with van der Waals surface area (Å²) in [6.45, 7) is 6.12. The number of carbonyl (C=O) groups is 1. The van der Waals surface area contributed by atoms with E-state index in [1.54, 1.807) is 13.0 Å². The fourth-order valence-corrected chi connectivity index (χ4v) is 1.56. The molecule has 0 aromatic heterocycles. The Balaban J connectivity index is 2.86. The smallest absolute Gasteiger partial charge is 0.242 e. The summed E-state index contributed by atoms with van der Waals surface area (Å²) in [6.07, 6.45) is 0. The number of rotatable bonds is 4. The lowest BCUT2D eigenvalue weighted by Gasteiger charge is -2.16. The van der Waals surface area contributed by atoms with E-state index in [2.05, 4.69) is 16.7 Å². The highest BCUT2D eigenvalue weighted by atomic mass is 16.2. The van der Waals surface area contributed by atoms with Gasteiger partial charge in [0.05, 0.1) is 11.3 Å². The third-order valence-corrected chi connectivity index (χ3v) is 2.50. The van der Waals surface area contributed by atoms with Crippen LogP contribution in [0.15, 0.2) is 18.2 Å². The summed E-state index contributed by atoms with van der Waals surface area (Å²) in [5, 5.41) is 14.8. The van der Waals surface area contributed by atoms with Gasteiger partial charge in [0.2, 0.25) is 5.91 Å². The Hall–Kier alpha value is -2.02. The average Bonchev–Trinajstić information content (AvgIpc) is 2.29. The third kappa shape index (κ3) is 3.22. The highest BCUT2D eigenvalue weighted by molar-refractivity contribution is 5.84. The van der Waals surface area contributed by atoms with Gasteiger partial charge < -0.3 is 10.6 Å². The topological polar surface area (TPSA) is 64.9 Å². The Bertz CT molecular complexity index is 448. The van der Waals surface area contributed by atoms with Gasteiger partial charge in [-0.05, 0) is 32.4 Å². The van der Waals surface area contributed by atoms with Gasteiger partial charge in [-0.15, -0.1) is 0 Å². The van der Waals surface area contributed by atoms with E-state index in [4.69, 9.17) is 5.26 Å². The molecule has 2 N–H and O–H groups in total. The van der Waals surface area contributed by atoms with Crippen LogP contribution in [-0.2, 0) is 4.79 Å². The van der Waals surface area contributed by atoms with Crippen molar-refractivity contribution in [3.8, 4) is 6.07 Å². The monoisotopic (exact) mass is 231 g/mol. The molecule has 0 aliphatic rings. The molecule has 1 rings (SSSR count). The molecule has 1 atom stereocenters. The quantitative estimate of drug-likeness (QED) is 0.830. The molecule has 0 fully saturated rings. The number of nitrogens with zero attached hydrogens (tertiary/aromatic N) is 1. The van der Waals surface area contributed by atoms with E-state index in [-0.39, 0.29) is 11.9 Å². The van der Waals surface area contributed by atoms with Gasteiger partial charge >= 0.3 is 0 Å². The predicted molar refractivity (Wildman–Crippen MR) is 67.7 cm³/mol. The van der Waals surface area contributed by atoms with Crippen molar-refractivity contribution in [3.05, 3.63) is 29.3 Å². The van der Waals surface area contributed by atoms with Crippen LogP contribution in [0.4, 0.5) is 5.69 Å². The van der Waals surface area contributed by atoms with Gasteiger partial charge in [-0.3, -0.25) is 4.79 Å². The molecular formula is C13H17N3O. The van der Waals surface area contributed by atoms with Crippen molar-refractivity contribution < 1.29 is 4.79 Å². The first kappa shape index (κ1) is 13.0. The highest BCUT2D eigenvalue weighted by Crippen LogP contribution is 2.19. The number of anilines is 1. The molecule has 1 unspecified atom stereocenters. The molecule has 1 amide bonds. The fourth-order valence-electron chi connectivity index (χ4n) is 1.56. The maximum atomic E-state index is 11.6. The van der Waals surface area contributed by atoms with Crippen molar-refractivity contribution in [1.82, 2.24) is 5.32 Å². The number of carbonyl (C=O) groups excluding carboxylic acids is 1. The van der Waals surface area contributed by atoms with Crippen LogP contribution in [0, 0.1) is 18.3 Å². The molecule has 0 aliphatic carbocycles. The third-order valence-electron chi connectivity index (χ3n) is 2.50. The molecule has 1 aromatic rings. The SMILES string of the molecule is CCNC(=O)C(C)Nc1cccc(C)c1C#N. The number of benzene rings is 1. The molecule has 0 radical (unpaired) electrons. The van der Waals surface area contributed by atoms with Gasteiger partial charge in [-0.1, -0.05) is 12.1 Å². The Morgan fingerprint density at radius 2 is 2.24 bits per heavy atom. The van der Waals surface area contributed by atoms with Crippen LogP contribution < -0.4 is 10.6 Å². The molecule has 0 spiro atoms. The van der Waals surface area contributed by atoms with Crippen molar-refractivity contribution in [2.75, 3.05) is 11.9 Å². The van der Waals surface area contributed by atoms with E-state index in [1.807, 2.05) is 26.0 Å². The zero-order chi connectivity index (χ0) is 12.8. The van der Waals surface area contributed by atoms with E-state index in [0.717, 1.165) is 5.56 Å². The van der Waals surface area contributed by atoms with Crippen molar-refractivity contribution in [2.45, 2.75) is 26.8 Å². The minimum atomic E-state index is -0.358. The largest absolute Gasteiger partial charge is 0.373 e. The predicted octanol–water partition coefficient (Wildman–Crippen LogP) is 1.80. The second kappa shape index (κ2) is 5.90. The van der Waals surface area contributed by atoms with Gasteiger partial charge in [-0.2, -0.15) is 5.26 Å². The number of hydrogen-bond donors (Lipinski definition) is 2. The number of nitrogens with one attached hydrogen (secondary N) is 2. The van der Waals surface area contributed by atoms with Crippen molar-refractivity contribution in [2.24, 2.45) is 0 Å². The lowest BCUT2D eigenvalue weighted by atomic mass is 10.1. The summed E-state index contributed by atoms with van der Waals surface area (Å²) >= 11 is 0. The molecule has 4 heteroatoms. The molecule has 0 aliphatic heterocycles. The fraction of sp³-hybridized carbons (Fsp3) is 0.385. The maximum Gasteiger partial charge on any atom is 0.242 e. The van der Waals surface area contributed by atoms with E-state index in [1.165, 1.54) is 0 Å². The molecule has 0 bridgehead atoms. The lowest BCUT2D eigenvalue weighted by molar-refractivity contribution is -0.121. The summed E-state index contributed by atoms with van der Waals surface area (Å²) in [5.41, 5.74) is 2.19. The number of likely N-dealkylation sites (N-methyl/N-ethyl adjacent to an activating group) is 1. The molecule has 17 heavy (non-hydrogen) atoms. The van der Waals surface area contributed by atoms with Crippen LogP contribution in [-0.4, -0.2) is 18.5 Å². The average molecular weight is 231 g/mol. The minimum Gasteiger partial charge on any atom is -0.373 e. The maximum absolute atomic E-state index is 11.6. The van der Waals surface area contributed by atoms with Crippen LogP contribution in [0.1, 0.15) is 25.0 Å². The molecule has 4 nitrogen and oxygen atoms in total. The lowest BCUT2D eigenvalue weighted by Crippen LogP contribution is -2.37. The number of nitriles is 1. The highest BCUT2D eigenvalue weighted by Gasteiger charge is 2.13. The van der Waals surface area contributed by atoms with Crippen LogP contribution >= 0.6 is 0 Å². The second-order valence-electron chi connectivity index (χ2n) is 3.87. The summed E-state index contributed by atoms with van der Waals surface area (Å²) in [4.78, 5) is 11.6. The molecule has 0 heterocycles. The number of hydrogen-bond acceptors (Lipinski definition) is 3. The molecule has 0 saturated carbocycles. The van der Waals surface area contributed by atoms with E-state index in [0.29, 0.717) is 17.8 Å². The van der Waals surface area contributed by atoms with E-state index < -0.39 is 0 Å². The first-order chi connectivity index (χ1) is 8.10. The van der Waals surface area contributed by atoms with Crippen molar-refractivity contribution in [1.29, 1.82) is 5.26 Å². The molecule has 90 valence electrons. The first-order valence-corrected chi connectivity index (χ1v) is 5.64. The first-order valence-electron chi connectivity index (χ1n) is 5.64. The Labute approximate surface area is 102 Å².